The summed E-state index contributed by atoms with van der Waals surface area (Å²) in [6.45, 7) is 2.36. The lowest BCUT2D eigenvalue weighted by molar-refractivity contribution is 0.817. The van der Waals surface area contributed by atoms with Crippen LogP contribution in [0.4, 0.5) is 17.1 Å². The van der Waals surface area contributed by atoms with Gasteiger partial charge in [0.2, 0.25) is 0 Å². The summed E-state index contributed by atoms with van der Waals surface area (Å²) in [4.78, 5) is 4.59. The molecule has 2 aromatic carbocycles. The molecular formula is C16H18ClN3. The second-order valence-corrected chi connectivity index (χ2v) is 5.41. The van der Waals surface area contributed by atoms with Crippen LogP contribution >= 0.6 is 11.6 Å². The van der Waals surface area contributed by atoms with Gasteiger partial charge in [-0.1, -0.05) is 29.8 Å². The molecule has 3 nitrogen and oxygen atoms in total. The minimum absolute atomic E-state index is 0.448. The number of hydrogen-bond donors (Lipinski definition) is 1. The summed E-state index contributed by atoms with van der Waals surface area (Å²) < 4.78 is 0. The fraction of sp³-hybridized carbons (Fsp3) is 0.250. The largest absolute Gasteiger partial charge is 0.371 e. The standard InChI is InChI=1S/C16H18ClN3/c1-19-9-10-20(16-7-3-2-6-15(16)19)14-8-4-5-13(17)12(14)11-18/h2-8H,9-11,18H2,1H3. The van der Waals surface area contributed by atoms with Crippen LogP contribution in [0, 0.1) is 0 Å². The van der Waals surface area contributed by atoms with E-state index in [9.17, 15) is 0 Å². The zero-order valence-corrected chi connectivity index (χ0v) is 12.3. The summed E-state index contributed by atoms with van der Waals surface area (Å²) >= 11 is 6.29. The number of nitrogens with zero attached hydrogens (tertiary/aromatic N) is 2. The minimum Gasteiger partial charge on any atom is -0.371 e. The molecule has 3 rings (SSSR count). The third-order valence-electron chi connectivity index (χ3n) is 3.83. The van der Waals surface area contributed by atoms with Gasteiger partial charge in [-0.15, -0.1) is 0 Å². The molecule has 0 aliphatic carbocycles. The number of nitrogens with two attached hydrogens (primary N) is 1. The topological polar surface area (TPSA) is 32.5 Å². The molecule has 0 radical (unpaired) electrons. The molecule has 0 atom stereocenters. The van der Waals surface area contributed by atoms with Gasteiger partial charge in [0.1, 0.15) is 0 Å². The quantitative estimate of drug-likeness (QED) is 0.919. The van der Waals surface area contributed by atoms with Gasteiger partial charge in [0.05, 0.1) is 11.4 Å². The number of rotatable bonds is 2. The summed E-state index contributed by atoms with van der Waals surface area (Å²) in [6.07, 6.45) is 0. The Morgan fingerprint density at radius 3 is 2.45 bits per heavy atom. The van der Waals surface area contributed by atoms with E-state index in [1.54, 1.807) is 0 Å². The Hall–Kier alpha value is -1.71. The van der Waals surface area contributed by atoms with E-state index in [1.807, 2.05) is 12.1 Å². The van der Waals surface area contributed by atoms with Crippen molar-refractivity contribution < 1.29 is 0 Å². The minimum atomic E-state index is 0.448. The van der Waals surface area contributed by atoms with Crippen LogP contribution in [-0.2, 0) is 6.54 Å². The number of benzene rings is 2. The van der Waals surface area contributed by atoms with Crippen molar-refractivity contribution in [3.63, 3.8) is 0 Å². The second kappa shape index (κ2) is 5.35. The summed E-state index contributed by atoms with van der Waals surface area (Å²) in [5.74, 6) is 0. The fourth-order valence-corrected chi connectivity index (χ4v) is 3.01. The van der Waals surface area contributed by atoms with E-state index in [2.05, 4.69) is 47.2 Å². The molecule has 2 aromatic rings. The molecule has 1 heterocycles. The van der Waals surface area contributed by atoms with Crippen LogP contribution in [0.15, 0.2) is 42.5 Å². The average Bonchev–Trinajstić information content (AvgIpc) is 2.48. The van der Waals surface area contributed by atoms with Gasteiger partial charge in [0, 0.05) is 43.0 Å². The molecule has 0 fully saturated rings. The number of hydrogen-bond acceptors (Lipinski definition) is 3. The van der Waals surface area contributed by atoms with Crippen molar-refractivity contribution >= 4 is 28.7 Å². The Balaban J connectivity index is 2.13. The smallest absolute Gasteiger partial charge is 0.0649 e. The van der Waals surface area contributed by atoms with E-state index in [-0.39, 0.29) is 0 Å². The van der Waals surface area contributed by atoms with Crippen molar-refractivity contribution in [2.45, 2.75) is 6.54 Å². The predicted octanol–water partition coefficient (Wildman–Crippen LogP) is 3.39. The van der Waals surface area contributed by atoms with E-state index in [4.69, 9.17) is 17.3 Å². The molecule has 0 bridgehead atoms. The van der Waals surface area contributed by atoms with Crippen LogP contribution < -0.4 is 15.5 Å². The summed E-state index contributed by atoms with van der Waals surface area (Å²) in [7, 11) is 2.12. The van der Waals surface area contributed by atoms with Gasteiger partial charge in [0.15, 0.2) is 0 Å². The molecule has 1 aliphatic heterocycles. The van der Waals surface area contributed by atoms with Crippen molar-refractivity contribution in [1.82, 2.24) is 0 Å². The average molecular weight is 288 g/mol. The molecule has 0 spiro atoms. The van der Waals surface area contributed by atoms with Crippen LogP contribution in [0.5, 0.6) is 0 Å². The van der Waals surface area contributed by atoms with E-state index in [1.165, 1.54) is 11.4 Å². The number of fused-ring (bicyclic) bond motifs is 1. The van der Waals surface area contributed by atoms with Gasteiger partial charge in [-0.25, -0.2) is 0 Å². The fourth-order valence-electron chi connectivity index (χ4n) is 2.76. The Kier molecular flexibility index (Phi) is 3.55. The number of para-hydroxylation sites is 2. The van der Waals surface area contributed by atoms with Gasteiger partial charge < -0.3 is 15.5 Å². The van der Waals surface area contributed by atoms with Gasteiger partial charge in [-0.05, 0) is 24.3 Å². The SMILES string of the molecule is CN1CCN(c2cccc(Cl)c2CN)c2ccccc21. The van der Waals surface area contributed by atoms with Crippen molar-refractivity contribution in [2.24, 2.45) is 5.73 Å². The first-order chi connectivity index (χ1) is 9.72. The van der Waals surface area contributed by atoms with Crippen molar-refractivity contribution in [3.05, 3.63) is 53.1 Å². The zero-order valence-electron chi connectivity index (χ0n) is 11.5. The number of likely N-dealkylation sites (N-methyl/N-ethyl adjacent to an activating group) is 1. The van der Waals surface area contributed by atoms with Crippen LogP contribution in [0.3, 0.4) is 0 Å². The van der Waals surface area contributed by atoms with Crippen LogP contribution in [0.1, 0.15) is 5.56 Å². The molecule has 20 heavy (non-hydrogen) atoms. The molecule has 0 saturated carbocycles. The lowest BCUT2D eigenvalue weighted by Crippen LogP contribution is -2.36. The van der Waals surface area contributed by atoms with Crippen molar-refractivity contribution in [2.75, 3.05) is 29.9 Å². The maximum atomic E-state index is 6.29. The molecule has 0 unspecified atom stereocenters. The maximum absolute atomic E-state index is 6.29. The normalized spacial score (nSPS) is 14.3. The van der Waals surface area contributed by atoms with Gasteiger partial charge in [-0.3, -0.25) is 0 Å². The van der Waals surface area contributed by atoms with Crippen LogP contribution in [0.25, 0.3) is 0 Å². The Morgan fingerprint density at radius 2 is 1.70 bits per heavy atom. The van der Waals surface area contributed by atoms with E-state index in [0.29, 0.717) is 6.54 Å². The van der Waals surface area contributed by atoms with Crippen molar-refractivity contribution in [1.29, 1.82) is 0 Å². The number of halogens is 1. The highest BCUT2D eigenvalue weighted by molar-refractivity contribution is 6.31. The Bertz CT molecular complexity index is 627. The molecule has 104 valence electrons. The summed E-state index contributed by atoms with van der Waals surface area (Å²) in [5, 5.41) is 0.737. The number of anilines is 3. The van der Waals surface area contributed by atoms with Crippen molar-refractivity contribution in [3.8, 4) is 0 Å². The summed E-state index contributed by atoms with van der Waals surface area (Å²) in [5.41, 5.74) is 10.4. The van der Waals surface area contributed by atoms with E-state index < -0.39 is 0 Å². The lowest BCUT2D eigenvalue weighted by Gasteiger charge is -2.38. The molecule has 1 aliphatic rings. The maximum Gasteiger partial charge on any atom is 0.0649 e. The molecule has 4 heteroatoms. The van der Waals surface area contributed by atoms with Gasteiger partial charge >= 0.3 is 0 Å². The molecular weight excluding hydrogens is 270 g/mol. The first-order valence-corrected chi connectivity index (χ1v) is 7.15. The van der Waals surface area contributed by atoms with Crippen LogP contribution in [-0.4, -0.2) is 20.1 Å². The molecule has 0 saturated heterocycles. The first kappa shape index (κ1) is 13.3. The van der Waals surface area contributed by atoms with Gasteiger partial charge in [0.25, 0.3) is 0 Å². The first-order valence-electron chi connectivity index (χ1n) is 6.77. The third-order valence-corrected chi connectivity index (χ3v) is 4.19. The monoisotopic (exact) mass is 287 g/mol. The molecule has 0 amide bonds. The summed E-state index contributed by atoms with van der Waals surface area (Å²) in [6, 6.07) is 14.4. The lowest BCUT2D eigenvalue weighted by atomic mass is 10.1. The highest BCUT2D eigenvalue weighted by Crippen LogP contribution is 2.39. The molecule has 0 aromatic heterocycles. The highest BCUT2D eigenvalue weighted by atomic mass is 35.5. The van der Waals surface area contributed by atoms with Crippen LogP contribution in [0.2, 0.25) is 5.02 Å². The third kappa shape index (κ3) is 2.13. The zero-order chi connectivity index (χ0) is 14.1. The van der Waals surface area contributed by atoms with Gasteiger partial charge in [-0.2, -0.15) is 0 Å². The molecule has 2 N–H and O–H groups in total. The second-order valence-electron chi connectivity index (χ2n) is 5.00. The predicted molar refractivity (Wildman–Crippen MR) is 86.1 cm³/mol. The highest BCUT2D eigenvalue weighted by Gasteiger charge is 2.23. The van der Waals surface area contributed by atoms with E-state index >= 15 is 0 Å². The Morgan fingerprint density at radius 1 is 1.00 bits per heavy atom. The Labute approximate surface area is 124 Å². The van der Waals surface area contributed by atoms with E-state index in [0.717, 1.165) is 29.4 Å².